The molecule has 0 bridgehead atoms. The summed E-state index contributed by atoms with van der Waals surface area (Å²) < 4.78 is 39.2. The molecule has 18 heavy (non-hydrogen) atoms. The lowest BCUT2D eigenvalue weighted by Gasteiger charge is -2.08. The predicted molar refractivity (Wildman–Crippen MR) is 60.4 cm³/mol. The third kappa shape index (κ3) is 2.41. The van der Waals surface area contributed by atoms with Gasteiger partial charge in [0.1, 0.15) is 0 Å². The smallest absolute Gasteiger partial charge is 0.310 e. The fraction of sp³-hybridized carbons (Fsp3) is 0.400. The predicted octanol–water partition coefficient (Wildman–Crippen LogP) is 2.51. The van der Waals surface area contributed by atoms with Crippen LogP contribution in [0, 0.1) is 0 Å². The SMILES string of the molecule is CCNCc1nnc2c(Cl)cc(C(F)(F)F)cn12. The van der Waals surface area contributed by atoms with E-state index in [2.05, 4.69) is 15.5 Å². The fourth-order valence-corrected chi connectivity index (χ4v) is 1.76. The first kappa shape index (κ1) is 13.1. The molecule has 2 heterocycles. The summed E-state index contributed by atoms with van der Waals surface area (Å²) in [6.45, 7) is 2.90. The van der Waals surface area contributed by atoms with E-state index < -0.39 is 11.7 Å². The summed E-state index contributed by atoms with van der Waals surface area (Å²) in [7, 11) is 0. The largest absolute Gasteiger partial charge is 0.417 e. The highest BCUT2D eigenvalue weighted by atomic mass is 35.5. The quantitative estimate of drug-likeness (QED) is 0.938. The van der Waals surface area contributed by atoms with Gasteiger partial charge in [0.15, 0.2) is 11.5 Å². The second-order valence-electron chi connectivity index (χ2n) is 3.66. The molecule has 0 aliphatic heterocycles. The van der Waals surface area contributed by atoms with Gasteiger partial charge in [-0.25, -0.2) is 0 Å². The van der Waals surface area contributed by atoms with E-state index in [1.807, 2.05) is 6.92 Å². The second-order valence-corrected chi connectivity index (χ2v) is 4.07. The molecule has 0 saturated heterocycles. The van der Waals surface area contributed by atoms with Crippen LogP contribution < -0.4 is 5.32 Å². The van der Waals surface area contributed by atoms with Crippen molar-refractivity contribution in [3.8, 4) is 0 Å². The average molecular weight is 279 g/mol. The zero-order chi connectivity index (χ0) is 13.3. The lowest BCUT2D eigenvalue weighted by molar-refractivity contribution is -0.137. The second kappa shape index (κ2) is 4.74. The molecule has 0 unspecified atom stereocenters. The van der Waals surface area contributed by atoms with E-state index in [1.54, 1.807) is 0 Å². The first-order valence-electron chi connectivity index (χ1n) is 5.24. The lowest BCUT2D eigenvalue weighted by Crippen LogP contribution is -2.15. The van der Waals surface area contributed by atoms with Crippen LogP contribution in [-0.2, 0) is 12.7 Å². The Morgan fingerprint density at radius 1 is 1.39 bits per heavy atom. The van der Waals surface area contributed by atoms with E-state index in [1.165, 1.54) is 4.40 Å². The molecule has 2 aromatic rings. The Morgan fingerprint density at radius 3 is 2.72 bits per heavy atom. The highest BCUT2D eigenvalue weighted by Crippen LogP contribution is 2.32. The molecule has 4 nitrogen and oxygen atoms in total. The molecule has 2 aromatic heterocycles. The zero-order valence-electron chi connectivity index (χ0n) is 9.42. The summed E-state index contributed by atoms with van der Waals surface area (Å²) in [6.07, 6.45) is -3.49. The molecule has 0 saturated carbocycles. The number of hydrogen-bond donors (Lipinski definition) is 1. The molecule has 0 aliphatic rings. The number of hydrogen-bond acceptors (Lipinski definition) is 3. The number of alkyl halides is 3. The van der Waals surface area contributed by atoms with E-state index in [0.717, 1.165) is 12.3 Å². The van der Waals surface area contributed by atoms with Gasteiger partial charge in [-0.2, -0.15) is 13.2 Å². The number of pyridine rings is 1. The molecule has 0 aliphatic carbocycles. The van der Waals surface area contributed by atoms with Crippen molar-refractivity contribution >= 4 is 17.2 Å². The normalized spacial score (nSPS) is 12.3. The molecule has 0 amide bonds. The molecule has 8 heteroatoms. The van der Waals surface area contributed by atoms with E-state index >= 15 is 0 Å². The van der Waals surface area contributed by atoms with Gasteiger partial charge in [0.25, 0.3) is 0 Å². The van der Waals surface area contributed by atoms with Crippen LogP contribution in [0.3, 0.4) is 0 Å². The fourth-order valence-electron chi connectivity index (χ4n) is 1.51. The van der Waals surface area contributed by atoms with Crippen molar-refractivity contribution in [1.82, 2.24) is 19.9 Å². The van der Waals surface area contributed by atoms with E-state index in [-0.39, 0.29) is 10.7 Å². The van der Waals surface area contributed by atoms with Crippen LogP contribution >= 0.6 is 11.6 Å². The van der Waals surface area contributed by atoms with Gasteiger partial charge >= 0.3 is 6.18 Å². The molecular weight excluding hydrogens is 269 g/mol. The Labute approximate surface area is 106 Å². The summed E-state index contributed by atoms with van der Waals surface area (Å²) in [6, 6.07) is 0.850. The summed E-state index contributed by atoms with van der Waals surface area (Å²) in [5, 5.41) is 10.5. The number of halogens is 4. The monoisotopic (exact) mass is 278 g/mol. The lowest BCUT2D eigenvalue weighted by atomic mass is 10.3. The zero-order valence-corrected chi connectivity index (χ0v) is 10.2. The molecule has 98 valence electrons. The number of rotatable bonds is 3. The minimum absolute atomic E-state index is 0.0694. The number of fused-ring (bicyclic) bond motifs is 1. The van der Waals surface area contributed by atoms with Gasteiger partial charge in [-0.3, -0.25) is 4.40 Å². The number of nitrogens with one attached hydrogen (secondary N) is 1. The van der Waals surface area contributed by atoms with E-state index in [4.69, 9.17) is 11.6 Å². The summed E-state index contributed by atoms with van der Waals surface area (Å²) >= 11 is 5.77. The highest BCUT2D eigenvalue weighted by Gasteiger charge is 2.32. The van der Waals surface area contributed by atoms with Crippen molar-refractivity contribution in [3.05, 3.63) is 28.7 Å². The molecule has 0 atom stereocenters. The highest BCUT2D eigenvalue weighted by molar-refractivity contribution is 6.33. The molecule has 0 fully saturated rings. The van der Waals surface area contributed by atoms with Crippen molar-refractivity contribution in [3.63, 3.8) is 0 Å². The summed E-state index contributed by atoms with van der Waals surface area (Å²) in [5.74, 6) is 0.389. The maximum atomic E-state index is 12.7. The van der Waals surface area contributed by atoms with Gasteiger partial charge in [0.2, 0.25) is 0 Å². The van der Waals surface area contributed by atoms with Gasteiger partial charge in [-0.05, 0) is 12.6 Å². The van der Waals surface area contributed by atoms with Crippen LogP contribution in [0.2, 0.25) is 5.02 Å². The molecule has 2 rings (SSSR count). The first-order chi connectivity index (χ1) is 8.43. The molecule has 1 N–H and O–H groups in total. The van der Waals surface area contributed by atoms with Crippen molar-refractivity contribution in [2.75, 3.05) is 6.54 Å². The Balaban J connectivity index is 2.54. The third-order valence-corrected chi connectivity index (χ3v) is 2.67. The molecular formula is C10H10ClF3N4. The molecule has 0 radical (unpaired) electrons. The van der Waals surface area contributed by atoms with Crippen LogP contribution in [0.1, 0.15) is 18.3 Å². The Morgan fingerprint density at radius 2 is 2.11 bits per heavy atom. The standard InChI is InChI=1S/C10H10ClF3N4/c1-2-15-4-8-16-17-9-7(11)3-6(5-18(8)9)10(12,13)14/h3,5,15H,2,4H2,1H3. The van der Waals surface area contributed by atoms with Crippen LogP contribution in [0.5, 0.6) is 0 Å². The van der Waals surface area contributed by atoms with E-state index in [0.29, 0.717) is 18.9 Å². The minimum Gasteiger partial charge on any atom is -0.310 e. The van der Waals surface area contributed by atoms with E-state index in [9.17, 15) is 13.2 Å². The Kier molecular flexibility index (Phi) is 3.45. The van der Waals surface area contributed by atoms with Crippen LogP contribution in [0.4, 0.5) is 13.2 Å². The van der Waals surface area contributed by atoms with Gasteiger partial charge in [0, 0.05) is 6.20 Å². The summed E-state index contributed by atoms with van der Waals surface area (Å²) in [5.41, 5.74) is -0.602. The number of aromatic nitrogens is 3. The first-order valence-corrected chi connectivity index (χ1v) is 5.62. The Bertz CT molecular complexity index is 564. The molecule has 0 aromatic carbocycles. The topological polar surface area (TPSA) is 42.2 Å². The maximum Gasteiger partial charge on any atom is 0.417 e. The van der Waals surface area contributed by atoms with Gasteiger partial charge in [-0.15, -0.1) is 10.2 Å². The third-order valence-electron chi connectivity index (χ3n) is 2.39. The molecule has 0 spiro atoms. The maximum absolute atomic E-state index is 12.7. The van der Waals surface area contributed by atoms with Crippen molar-refractivity contribution in [2.45, 2.75) is 19.6 Å². The van der Waals surface area contributed by atoms with Crippen LogP contribution in [-0.4, -0.2) is 21.1 Å². The summed E-state index contributed by atoms with van der Waals surface area (Å²) in [4.78, 5) is 0. The number of nitrogens with zero attached hydrogens (tertiary/aromatic N) is 3. The van der Waals surface area contributed by atoms with Crippen molar-refractivity contribution in [2.24, 2.45) is 0 Å². The van der Waals surface area contributed by atoms with Crippen molar-refractivity contribution in [1.29, 1.82) is 0 Å². The Hall–Kier alpha value is -1.34. The minimum atomic E-state index is -4.45. The van der Waals surface area contributed by atoms with Gasteiger partial charge in [0.05, 0.1) is 17.1 Å². The average Bonchev–Trinajstić information content (AvgIpc) is 2.69. The van der Waals surface area contributed by atoms with Gasteiger partial charge in [-0.1, -0.05) is 18.5 Å². The van der Waals surface area contributed by atoms with Crippen LogP contribution in [0.25, 0.3) is 5.65 Å². The van der Waals surface area contributed by atoms with Crippen LogP contribution in [0.15, 0.2) is 12.3 Å². The van der Waals surface area contributed by atoms with Gasteiger partial charge < -0.3 is 5.32 Å². The van der Waals surface area contributed by atoms with Crippen molar-refractivity contribution < 1.29 is 13.2 Å².